The molecular weight excluding hydrogens is 268 g/mol. The van der Waals surface area contributed by atoms with Crippen molar-refractivity contribution < 1.29 is 9.53 Å². The van der Waals surface area contributed by atoms with E-state index >= 15 is 0 Å². The first-order chi connectivity index (χ1) is 10.0. The third kappa shape index (κ3) is 6.65. The summed E-state index contributed by atoms with van der Waals surface area (Å²) >= 11 is 0. The normalized spacial score (nSPS) is 11.3. The predicted molar refractivity (Wildman–Crippen MR) is 85.6 cm³/mol. The van der Waals surface area contributed by atoms with Crippen LogP contribution >= 0.6 is 0 Å². The lowest BCUT2D eigenvalue weighted by Crippen LogP contribution is -2.29. The van der Waals surface area contributed by atoms with Crippen LogP contribution in [0.3, 0.4) is 0 Å². The number of hydrogen-bond donors (Lipinski definition) is 3. The SMILES string of the molecule is COc1ccc(NC(N)=NCCCNC(=O)C(C)C)cc1. The van der Waals surface area contributed by atoms with E-state index in [2.05, 4.69) is 15.6 Å². The van der Waals surface area contributed by atoms with E-state index in [1.54, 1.807) is 7.11 Å². The van der Waals surface area contributed by atoms with Crippen molar-refractivity contribution in [2.24, 2.45) is 16.6 Å². The van der Waals surface area contributed by atoms with E-state index < -0.39 is 0 Å². The molecule has 6 nitrogen and oxygen atoms in total. The Morgan fingerprint density at radius 2 is 2.00 bits per heavy atom. The van der Waals surface area contributed by atoms with Crippen molar-refractivity contribution >= 4 is 17.6 Å². The maximum absolute atomic E-state index is 11.3. The van der Waals surface area contributed by atoms with Crippen molar-refractivity contribution in [2.75, 3.05) is 25.5 Å². The number of aliphatic imine (C=N–C) groups is 1. The molecule has 0 heterocycles. The van der Waals surface area contributed by atoms with Gasteiger partial charge in [-0.15, -0.1) is 0 Å². The fourth-order valence-electron chi connectivity index (χ4n) is 1.56. The largest absolute Gasteiger partial charge is 0.497 e. The monoisotopic (exact) mass is 292 g/mol. The summed E-state index contributed by atoms with van der Waals surface area (Å²) < 4.78 is 5.08. The molecule has 0 fully saturated rings. The van der Waals surface area contributed by atoms with Crippen molar-refractivity contribution in [3.8, 4) is 5.75 Å². The molecule has 6 heteroatoms. The molecule has 0 atom stereocenters. The lowest BCUT2D eigenvalue weighted by Gasteiger charge is -2.08. The number of nitrogens with one attached hydrogen (secondary N) is 2. The molecule has 0 radical (unpaired) electrons. The average Bonchev–Trinajstić information content (AvgIpc) is 2.47. The molecule has 21 heavy (non-hydrogen) atoms. The van der Waals surface area contributed by atoms with Crippen LogP contribution in [0.5, 0.6) is 5.75 Å². The third-order valence-electron chi connectivity index (χ3n) is 2.80. The van der Waals surface area contributed by atoms with Gasteiger partial charge in [-0.05, 0) is 30.7 Å². The summed E-state index contributed by atoms with van der Waals surface area (Å²) in [4.78, 5) is 15.5. The molecule has 116 valence electrons. The van der Waals surface area contributed by atoms with Crippen LogP contribution in [0, 0.1) is 5.92 Å². The van der Waals surface area contributed by atoms with Crippen LogP contribution in [0.2, 0.25) is 0 Å². The number of amides is 1. The summed E-state index contributed by atoms with van der Waals surface area (Å²) in [5, 5.41) is 5.83. The van der Waals surface area contributed by atoms with Gasteiger partial charge in [-0.1, -0.05) is 13.8 Å². The molecule has 0 aromatic heterocycles. The van der Waals surface area contributed by atoms with Crippen molar-refractivity contribution in [1.29, 1.82) is 0 Å². The molecule has 0 saturated heterocycles. The lowest BCUT2D eigenvalue weighted by molar-refractivity contribution is -0.123. The number of guanidine groups is 1. The Labute approximate surface area is 125 Å². The fraction of sp³-hybridized carbons (Fsp3) is 0.467. The van der Waals surface area contributed by atoms with Gasteiger partial charge in [-0.25, -0.2) is 0 Å². The van der Waals surface area contributed by atoms with Crippen molar-refractivity contribution in [3.63, 3.8) is 0 Å². The van der Waals surface area contributed by atoms with Gasteiger partial charge in [0.1, 0.15) is 5.75 Å². The Morgan fingerprint density at radius 1 is 1.33 bits per heavy atom. The fourth-order valence-corrected chi connectivity index (χ4v) is 1.56. The van der Waals surface area contributed by atoms with Gasteiger partial charge in [-0.3, -0.25) is 9.79 Å². The number of carbonyl (C=O) groups is 1. The molecule has 1 rings (SSSR count). The Kier molecular flexibility index (Phi) is 7.08. The minimum absolute atomic E-state index is 0.00955. The van der Waals surface area contributed by atoms with Crippen LogP contribution in [0.25, 0.3) is 0 Å². The Hall–Kier alpha value is -2.24. The first kappa shape index (κ1) is 16.8. The van der Waals surface area contributed by atoms with Crippen LogP contribution < -0.4 is 21.1 Å². The number of methoxy groups -OCH3 is 1. The first-order valence-electron chi connectivity index (χ1n) is 7.01. The molecule has 0 saturated carbocycles. The zero-order valence-corrected chi connectivity index (χ0v) is 12.8. The summed E-state index contributed by atoms with van der Waals surface area (Å²) in [6.07, 6.45) is 0.753. The molecule has 1 aromatic rings. The molecule has 0 aliphatic carbocycles. The maximum atomic E-state index is 11.3. The predicted octanol–water partition coefficient (Wildman–Crippen LogP) is 1.58. The minimum atomic E-state index is 0.00955. The molecule has 0 aliphatic heterocycles. The highest BCUT2D eigenvalue weighted by Gasteiger charge is 2.04. The zero-order chi connectivity index (χ0) is 15.7. The van der Waals surface area contributed by atoms with E-state index in [9.17, 15) is 4.79 Å². The second-order valence-electron chi connectivity index (χ2n) is 4.92. The van der Waals surface area contributed by atoms with Gasteiger partial charge in [0.2, 0.25) is 5.91 Å². The second kappa shape index (κ2) is 8.84. The molecule has 0 spiro atoms. The highest BCUT2D eigenvalue weighted by atomic mass is 16.5. The van der Waals surface area contributed by atoms with Crippen LogP contribution in [0.4, 0.5) is 5.69 Å². The summed E-state index contributed by atoms with van der Waals surface area (Å²) in [5.41, 5.74) is 6.64. The van der Waals surface area contributed by atoms with Crippen molar-refractivity contribution in [3.05, 3.63) is 24.3 Å². The number of benzene rings is 1. The summed E-state index contributed by atoms with van der Waals surface area (Å²) in [5.74, 6) is 1.21. The quantitative estimate of drug-likeness (QED) is 0.404. The van der Waals surface area contributed by atoms with Gasteiger partial charge in [0.15, 0.2) is 5.96 Å². The molecule has 0 unspecified atom stereocenters. The van der Waals surface area contributed by atoms with Gasteiger partial charge in [0, 0.05) is 24.7 Å². The van der Waals surface area contributed by atoms with Crippen LogP contribution in [0.15, 0.2) is 29.3 Å². The maximum Gasteiger partial charge on any atom is 0.222 e. The van der Waals surface area contributed by atoms with E-state index in [-0.39, 0.29) is 11.8 Å². The Morgan fingerprint density at radius 3 is 2.57 bits per heavy atom. The topological polar surface area (TPSA) is 88.7 Å². The number of nitrogens with zero attached hydrogens (tertiary/aromatic N) is 1. The average molecular weight is 292 g/mol. The molecular formula is C15H24N4O2. The highest BCUT2D eigenvalue weighted by Crippen LogP contribution is 2.14. The molecule has 4 N–H and O–H groups in total. The van der Waals surface area contributed by atoms with E-state index in [1.807, 2.05) is 38.1 Å². The van der Waals surface area contributed by atoms with E-state index in [0.29, 0.717) is 19.0 Å². The number of anilines is 1. The summed E-state index contributed by atoms with van der Waals surface area (Å²) in [6.45, 7) is 4.90. The van der Waals surface area contributed by atoms with Crippen LogP contribution in [0.1, 0.15) is 20.3 Å². The number of ether oxygens (including phenoxy) is 1. The first-order valence-corrected chi connectivity index (χ1v) is 7.01. The Balaban J connectivity index is 2.28. The lowest BCUT2D eigenvalue weighted by atomic mass is 10.2. The van der Waals surface area contributed by atoms with Gasteiger partial charge >= 0.3 is 0 Å². The van der Waals surface area contributed by atoms with Crippen LogP contribution in [-0.2, 0) is 4.79 Å². The molecule has 0 bridgehead atoms. The van der Waals surface area contributed by atoms with E-state index in [4.69, 9.17) is 10.5 Å². The molecule has 0 aliphatic rings. The van der Waals surface area contributed by atoms with Crippen molar-refractivity contribution in [2.45, 2.75) is 20.3 Å². The second-order valence-corrected chi connectivity index (χ2v) is 4.92. The van der Waals surface area contributed by atoms with Gasteiger partial charge in [0.25, 0.3) is 0 Å². The van der Waals surface area contributed by atoms with E-state index in [1.165, 1.54) is 0 Å². The standard InChI is InChI=1S/C15H24N4O2/c1-11(2)14(20)17-9-4-10-18-15(16)19-12-5-7-13(21-3)8-6-12/h5-8,11H,4,9-10H2,1-3H3,(H,17,20)(H3,16,18,19). The van der Waals surface area contributed by atoms with E-state index in [0.717, 1.165) is 17.9 Å². The van der Waals surface area contributed by atoms with Crippen molar-refractivity contribution in [1.82, 2.24) is 5.32 Å². The van der Waals surface area contributed by atoms with Gasteiger partial charge in [0.05, 0.1) is 7.11 Å². The zero-order valence-electron chi connectivity index (χ0n) is 12.8. The highest BCUT2D eigenvalue weighted by molar-refractivity contribution is 5.92. The minimum Gasteiger partial charge on any atom is -0.497 e. The van der Waals surface area contributed by atoms with Gasteiger partial charge in [-0.2, -0.15) is 0 Å². The number of nitrogens with two attached hydrogens (primary N) is 1. The molecule has 1 amide bonds. The van der Waals surface area contributed by atoms with Crippen LogP contribution in [-0.4, -0.2) is 32.1 Å². The summed E-state index contributed by atoms with van der Waals surface area (Å²) in [7, 11) is 1.62. The number of rotatable bonds is 7. The van der Waals surface area contributed by atoms with Gasteiger partial charge < -0.3 is 21.1 Å². The Bertz CT molecular complexity index is 469. The smallest absolute Gasteiger partial charge is 0.222 e. The third-order valence-corrected chi connectivity index (χ3v) is 2.80. The molecule has 1 aromatic carbocycles. The summed E-state index contributed by atoms with van der Waals surface area (Å²) in [6, 6.07) is 7.42. The number of carbonyl (C=O) groups excluding carboxylic acids is 1. The number of hydrogen-bond acceptors (Lipinski definition) is 3.